The molecule has 0 spiro atoms. The van der Waals surface area contributed by atoms with Crippen LogP contribution in [0.2, 0.25) is 0 Å². The standard InChI is InChI=1S/C15H11F3N4O5S/c1-7-4-9-10(21-14(24)13(23)20-9)5-11(7)28(25,26)22-12-3-2-8(6-19-12)27-15(16,17)18/h2-6H,1H3,(H,19,22)(H,20,23)(H,21,24). The Labute approximate surface area is 154 Å². The van der Waals surface area contributed by atoms with E-state index in [0.717, 1.165) is 18.2 Å². The number of hydrogen-bond acceptors (Lipinski definition) is 6. The van der Waals surface area contributed by atoms with Gasteiger partial charge in [0.15, 0.2) is 0 Å². The number of sulfonamides is 1. The van der Waals surface area contributed by atoms with Gasteiger partial charge in [-0.25, -0.2) is 13.4 Å². The van der Waals surface area contributed by atoms with Gasteiger partial charge < -0.3 is 14.7 Å². The lowest BCUT2D eigenvalue weighted by Crippen LogP contribution is -2.29. The van der Waals surface area contributed by atoms with Crippen LogP contribution in [-0.4, -0.2) is 29.7 Å². The Bertz CT molecular complexity index is 1260. The molecule has 0 atom stereocenters. The number of aromatic nitrogens is 3. The summed E-state index contributed by atoms with van der Waals surface area (Å²) in [5.41, 5.74) is -1.27. The first-order valence-electron chi connectivity index (χ1n) is 7.46. The number of nitrogens with one attached hydrogen (secondary N) is 3. The molecule has 0 bridgehead atoms. The number of nitrogens with zero attached hydrogens (tertiary/aromatic N) is 1. The summed E-state index contributed by atoms with van der Waals surface area (Å²) in [6, 6.07) is 4.39. The zero-order valence-corrected chi connectivity index (χ0v) is 14.7. The summed E-state index contributed by atoms with van der Waals surface area (Å²) < 4.78 is 67.4. The summed E-state index contributed by atoms with van der Waals surface area (Å²) in [5.74, 6) is -0.858. The van der Waals surface area contributed by atoms with Crippen LogP contribution in [-0.2, 0) is 10.0 Å². The van der Waals surface area contributed by atoms with Crippen LogP contribution in [0.5, 0.6) is 5.75 Å². The lowest BCUT2D eigenvalue weighted by molar-refractivity contribution is -0.274. The molecule has 0 aliphatic rings. The van der Waals surface area contributed by atoms with E-state index in [0.29, 0.717) is 6.20 Å². The smallest absolute Gasteiger partial charge is 0.404 e. The topological polar surface area (TPSA) is 134 Å². The van der Waals surface area contributed by atoms with Crippen LogP contribution in [0.15, 0.2) is 44.9 Å². The predicted octanol–water partition coefficient (Wildman–Crippen LogP) is 1.62. The molecule has 0 unspecified atom stereocenters. The fraction of sp³-hybridized carbons (Fsp3) is 0.133. The fourth-order valence-corrected chi connectivity index (χ4v) is 3.63. The van der Waals surface area contributed by atoms with Crippen molar-refractivity contribution in [1.29, 1.82) is 0 Å². The van der Waals surface area contributed by atoms with Gasteiger partial charge in [-0.15, -0.1) is 13.2 Å². The number of alkyl halides is 3. The second kappa shape index (κ2) is 6.67. The third-order valence-corrected chi connectivity index (χ3v) is 5.01. The maximum absolute atomic E-state index is 12.6. The number of aromatic amines is 2. The Morgan fingerprint density at radius 3 is 2.21 bits per heavy atom. The maximum Gasteiger partial charge on any atom is 0.573 e. The molecule has 9 nitrogen and oxygen atoms in total. The minimum absolute atomic E-state index is 0.0810. The molecule has 28 heavy (non-hydrogen) atoms. The van der Waals surface area contributed by atoms with Crippen LogP contribution in [0, 0.1) is 6.92 Å². The number of H-pyrrole nitrogens is 2. The summed E-state index contributed by atoms with van der Waals surface area (Å²) in [4.78, 5) is 30.7. The van der Waals surface area contributed by atoms with Crippen molar-refractivity contribution in [3.05, 3.63) is 56.7 Å². The van der Waals surface area contributed by atoms with E-state index >= 15 is 0 Å². The van der Waals surface area contributed by atoms with E-state index in [9.17, 15) is 31.2 Å². The molecule has 0 saturated carbocycles. The molecule has 2 aromatic heterocycles. The van der Waals surface area contributed by atoms with Crippen LogP contribution in [0.1, 0.15) is 5.56 Å². The normalized spacial score (nSPS) is 12.1. The van der Waals surface area contributed by atoms with Crippen molar-refractivity contribution in [2.75, 3.05) is 4.72 Å². The van der Waals surface area contributed by atoms with Crippen molar-refractivity contribution in [3.63, 3.8) is 0 Å². The first-order valence-corrected chi connectivity index (χ1v) is 8.94. The Kier molecular flexibility index (Phi) is 4.62. The number of anilines is 1. The molecule has 0 amide bonds. The Morgan fingerprint density at radius 1 is 1.07 bits per heavy atom. The van der Waals surface area contributed by atoms with Crippen molar-refractivity contribution in [1.82, 2.24) is 15.0 Å². The maximum atomic E-state index is 12.6. The highest BCUT2D eigenvalue weighted by Gasteiger charge is 2.31. The molecule has 13 heteroatoms. The van der Waals surface area contributed by atoms with E-state index in [4.69, 9.17) is 0 Å². The molecule has 0 fully saturated rings. The second-order valence-corrected chi connectivity index (χ2v) is 7.25. The molecule has 148 valence electrons. The second-order valence-electron chi connectivity index (χ2n) is 5.60. The van der Waals surface area contributed by atoms with Gasteiger partial charge in [0.25, 0.3) is 10.0 Å². The molecular weight excluding hydrogens is 405 g/mol. The average molecular weight is 416 g/mol. The van der Waals surface area contributed by atoms with E-state index in [1.54, 1.807) is 0 Å². The molecule has 3 rings (SSSR count). The van der Waals surface area contributed by atoms with E-state index in [1.807, 2.05) is 0 Å². The largest absolute Gasteiger partial charge is 0.573 e. The number of ether oxygens (including phenoxy) is 1. The number of hydrogen-bond donors (Lipinski definition) is 3. The first kappa shape index (κ1) is 19.4. The zero-order valence-electron chi connectivity index (χ0n) is 13.9. The minimum atomic E-state index is -4.90. The summed E-state index contributed by atoms with van der Waals surface area (Å²) in [5, 5.41) is 0. The highest BCUT2D eigenvalue weighted by molar-refractivity contribution is 7.92. The quantitative estimate of drug-likeness (QED) is 0.554. The summed E-state index contributed by atoms with van der Waals surface area (Å²) in [7, 11) is -4.20. The molecule has 0 radical (unpaired) electrons. The number of fused-ring (bicyclic) bond motifs is 1. The van der Waals surface area contributed by atoms with Gasteiger partial charge >= 0.3 is 17.5 Å². The number of halogens is 3. The molecule has 0 aliphatic carbocycles. The fourth-order valence-electron chi connectivity index (χ4n) is 2.37. The highest BCUT2D eigenvalue weighted by Crippen LogP contribution is 2.25. The van der Waals surface area contributed by atoms with Crippen LogP contribution in [0.25, 0.3) is 11.0 Å². The lowest BCUT2D eigenvalue weighted by atomic mass is 10.2. The van der Waals surface area contributed by atoms with Crippen molar-refractivity contribution in [2.45, 2.75) is 18.2 Å². The SMILES string of the molecule is Cc1cc2[nH]c(=O)c(=O)[nH]c2cc1S(=O)(=O)Nc1ccc(OC(F)(F)F)cn1. The predicted molar refractivity (Wildman–Crippen MR) is 91.7 cm³/mol. The molecular formula is C15H11F3N4O5S. The van der Waals surface area contributed by atoms with E-state index in [1.165, 1.54) is 13.0 Å². The lowest BCUT2D eigenvalue weighted by Gasteiger charge is -2.12. The van der Waals surface area contributed by atoms with Crippen LogP contribution < -0.4 is 20.6 Å². The van der Waals surface area contributed by atoms with Crippen molar-refractivity contribution in [3.8, 4) is 5.75 Å². The molecule has 0 saturated heterocycles. The van der Waals surface area contributed by atoms with Crippen molar-refractivity contribution >= 4 is 26.9 Å². The van der Waals surface area contributed by atoms with Gasteiger partial charge in [-0.1, -0.05) is 0 Å². The van der Waals surface area contributed by atoms with Crippen LogP contribution in [0.4, 0.5) is 19.0 Å². The third-order valence-electron chi connectivity index (χ3n) is 3.52. The highest BCUT2D eigenvalue weighted by atomic mass is 32.2. The zero-order chi connectivity index (χ0) is 20.7. The molecule has 2 heterocycles. The Balaban J connectivity index is 1.94. The average Bonchev–Trinajstić information content (AvgIpc) is 2.56. The Hall–Kier alpha value is -3.35. The van der Waals surface area contributed by atoms with Gasteiger partial charge in [-0.2, -0.15) is 0 Å². The van der Waals surface area contributed by atoms with Crippen LogP contribution >= 0.6 is 0 Å². The third kappa shape index (κ3) is 4.14. The first-order chi connectivity index (χ1) is 12.9. The molecule has 3 N–H and O–H groups in total. The minimum Gasteiger partial charge on any atom is -0.404 e. The van der Waals surface area contributed by atoms with Crippen LogP contribution in [0.3, 0.4) is 0 Å². The van der Waals surface area contributed by atoms with Crippen molar-refractivity contribution in [2.24, 2.45) is 0 Å². The van der Waals surface area contributed by atoms with Gasteiger partial charge in [0.2, 0.25) is 0 Å². The van der Waals surface area contributed by atoms with E-state index < -0.39 is 33.3 Å². The summed E-state index contributed by atoms with van der Waals surface area (Å²) in [6.45, 7) is 1.46. The summed E-state index contributed by atoms with van der Waals surface area (Å²) >= 11 is 0. The van der Waals surface area contributed by atoms with Gasteiger partial charge in [0.05, 0.1) is 22.1 Å². The molecule has 3 aromatic rings. The molecule has 0 aliphatic heterocycles. The number of rotatable bonds is 4. The number of benzene rings is 1. The summed E-state index contributed by atoms with van der Waals surface area (Å²) in [6.07, 6.45) is -4.19. The van der Waals surface area contributed by atoms with Gasteiger partial charge in [0.1, 0.15) is 11.6 Å². The van der Waals surface area contributed by atoms with E-state index in [2.05, 4.69) is 24.4 Å². The number of pyridine rings is 1. The molecule has 1 aromatic carbocycles. The monoisotopic (exact) mass is 416 g/mol. The van der Waals surface area contributed by atoms with E-state index in [-0.39, 0.29) is 27.3 Å². The Morgan fingerprint density at radius 2 is 1.68 bits per heavy atom. The van der Waals surface area contributed by atoms with Gasteiger partial charge in [-0.3, -0.25) is 14.3 Å². The van der Waals surface area contributed by atoms with Gasteiger partial charge in [-0.05, 0) is 36.8 Å². The van der Waals surface area contributed by atoms with Crippen molar-refractivity contribution < 1.29 is 26.3 Å². The number of aryl methyl sites for hydroxylation is 1. The van der Waals surface area contributed by atoms with Gasteiger partial charge in [0, 0.05) is 0 Å².